The largest absolute Gasteiger partial charge is 0.391 e. The first kappa shape index (κ1) is 17.1. The number of aliphatic hydroxyl groups is 1. The van der Waals surface area contributed by atoms with Crippen molar-refractivity contribution in [1.82, 2.24) is 0 Å². The van der Waals surface area contributed by atoms with Crippen molar-refractivity contribution in [2.75, 3.05) is 0 Å². The van der Waals surface area contributed by atoms with Crippen molar-refractivity contribution < 1.29 is 10.0 Å². The van der Waals surface area contributed by atoms with Crippen molar-refractivity contribution in [1.29, 1.82) is 0 Å². The Hall–Kier alpha value is -0.880. The molecule has 1 aromatic rings. The van der Waals surface area contributed by atoms with Crippen molar-refractivity contribution in [2.24, 2.45) is 11.7 Å². The fourth-order valence-electron chi connectivity index (χ4n) is 1.56. The summed E-state index contributed by atoms with van der Waals surface area (Å²) >= 11 is 5.79. The molecule has 18 heavy (non-hydrogen) atoms. The second-order valence-electron chi connectivity index (χ2n) is 4.22. The van der Waals surface area contributed by atoms with Crippen LogP contribution in [0.3, 0.4) is 0 Å². The van der Waals surface area contributed by atoms with Gasteiger partial charge in [0.15, 0.2) is 0 Å². The molecule has 0 spiro atoms. The maximum Gasteiger partial charge on any atom is 0.274 e. The first-order chi connectivity index (χ1) is 7.84. The number of nitro groups is 1. The molecule has 0 unspecified atom stereocenters. The average molecular weight is 295 g/mol. The molecule has 0 saturated carbocycles. The number of nitro benzene ring substituents is 1. The second-order valence-corrected chi connectivity index (χ2v) is 4.66. The van der Waals surface area contributed by atoms with Gasteiger partial charge in [-0.2, -0.15) is 0 Å². The van der Waals surface area contributed by atoms with Gasteiger partial charge in [0.05, 0.1) is 22.6 Å². The maximum absolute atomic E-state index is 10.9. The molecule has 7 heteroatoms. The summed E-state index contributed by atoms with van der Waals surface area (Å²) in [4.78, 5) is 10.3. The van der Waals surface area contributed by atoms with Crippen LogP contribution in [0.1, 0.15) is 25.5 Å². The van der Waals surface area contributed by atoms with Gasteiger partial charge in [0.25, 0.3) is 5.69 Å². The summed E-state index contributed by atoms with van der Waals surface area (Å²) in [5.41, 5.74) is 5.96. The molecule has 3 N–H and O–H groups in total. The molecule has 0 aromatic heterocycles. The van der Waals surface area contributed by atoms with Crippen molar-refractivity contribution >= 4 is 29.7 Å². The number of hydrogen-bond acceptors (Lipinski definition) is 4. The van der Waals surface area contributed by atoms with Crippen LogP contribution in [0.4, 0.5) is 5.69 Å². The summed E-state index contributed by atoms with van der Waals surface area (Å²) in [5, 5.41) is 21.1. The van der Waals surface area contributed by atoms with Gasteiger partial charge < -0.3 is 10.8 Å². The minimum Gasteiger partial charge on any atom is -0.391 e. The van der Waals surface area contributed by atoms with Gasteiger partial charge in [0, 0.05) is 11.1 Å². The highest BCUT2D eigenvalue weighted by Gasteiger charge is 2.26. The summed E-state index contributed by atoms with van der Waals surface area (Å²) in [6.07, 6.45) is -0.854. The molecule has 0 fully saturated rings. The van der Waals surface area contributed by atoms with Crippen molar-refractivity contribution in [3.8, 4) is 0 Å². The lowest BCUT2D eigenvalue weighted by Crippen LogP contribution is -2.31. The Bertz CT molecular complexity index is 427. The van der Waals surface area contributed by atoms with Crippen LogP contribution in [0.5, 0.6) is 0 Å². The van der Waals surface area contributed by atoms with Gasteiger partial charge in [-0.3, -0.25) is 10.1 Å². The number of nitrogens with zero attached hydrogens (tertiary/aromatic N) is 1. The minimum absolute atomic E-state index is 0. The summed E-state index contributed by atoms with van der Waals surface area (Å²) in [5.74, 6) is -0.0939. The number of aliphatic hydroxyl groups excluding tert-OH is 1. The zero-order chi connectivity index (χ0) is 13.2. The molecule has 1 rings (SSSR count). The Balaban J connectivity index is 0.00000289. The molecule has 0 heterocycles. The normalized spacial score (nSPS) is 13.9. The number of halogens is 2. The molecule has 2 atom stereocenters. The lowest BCUT2D eigenvalue weighted by molar-refractivity contribution is -0.385. The smallest absolute Gasteiger partial charge is 0.274 e. The van der Waals surface area contributed by atoms with E-state index in [1.165, 1.54) is 18.2 Å². The third kappa shape index (κ3) is 3.81. The highest BCUT2D eigenvalue weighted by molar-refractivity contribution is 6.30. The molecular formula is C11H16Cl2N2O3. The lowest BCUT2D eigenvalue weighted by atomic mass is 9.93. The van der Waals surface area contributed by atoms with Crippen LogP contribution in [0, 0.1) is 16.0 Å². The molecule has 0 amide bonds. The number of benzene rings is 1. The van der Waals surface area contributed by atoms with E-state index in [-0.39, 0.29) is 29.6 Å². The Labute approximate surface area is 116 Å². The van der Waals surface area contributed by atoms with E-state index in [4.69, 9.17) is 17.3 Å². The molecule has 0 bridgehead atoms. The fraction of sp³-hybridized carbons (Fsp3) is 0.455. The molecule has 0 aliphatic rings. The Morgan fingerprint density at radius 2 is 2.00 bits per heavy atom. The van der Waals surface area contributed by atoms with Gasteiger partial charge in [-0.25, -0.2) is 0 Å². The van der Waals surface area contributed by atoms with Crippen molar-refractivity contribution in [2.45, 2.75) is 26.0 Å². The van der Waals surface area contributed by atoms with E-state index in [2.05, 4.69) is 0 Å². The van der Waals surface area contributed by atoms with Gasteiger partial charge in [-0.15, -0.1) is 12.4 Å². The van der Waals surface area contributed by atoms with Crippen LogP contribution in [0.2, 0.25) is 5.02 Å². The zero-order valence-electron chi connectivity index (χ0n) is 10.0. The van der Waals surface area contributed by atoms with E-state index in [1.807, 2.05) is 0 Å². The fourth-order valence-corrected chi connectivity index (χ4v) is 1.74. The molecule has 0 saturated heterocycles. The van der Waals surface area contributed by atoms with E-state index in [0.717, 1.165) is 0 Å². The lowest BCUT2D eigenvalue weighted by Gasteiger charge is -2.22. The van der Waals surface area contributed by atoms with Gasteiger partial charge >= 0.3 is 0 Å². The molecular weight excluding hydrogens is 279 g/mol. The minimum atomic E-state index is -0.854. The van der Waals surface area contributed by atoms with E-state index >= 15 is 0 Å². The monoisotopic (exact) mass is 294 g/mol. The SMILES string of the molecule is CC(C)[C@@H](O)[C@@H](N)c1cc(Cl)ccc1[N+](=O)[O-].Cl. The predicted molar refractivity (Wildman–Crippen MR) is 73.1 cm³/mol. The number of nitrogens with two attached hydrogens (primary N) is 1. The van der Waals surface area contributed by atoms with Crippen LogP contribution in [-0.2, 0) is 0 Å². The highest BCUT2D eigenvalue weighted by Crippen LogP contribution is 2.30. The van der Waals surface area contributed by atoms with Crippen LogP contribution >= 0.6 is 24.0 Å². The number of hydrogen-bond donors (Lipinski definition) is 2. The Morgan fingerprint density at radius 1 is 1.44 bits per heavy atom. The van der Waals surface area contributed by atoms with Gasteiger partial charge in [0.1, 0.15) is 0 Å². The standard InChI is InChI=1S/C11H15ClN2O3.ClH/c1-6(2)11(15)10(13)8-5-7(12)3-4-9(8)14(16)17;/h3-6,10-11,15H,13H2,1-2H3;1H/t10-,11+;/m0./s1. The van der Waals surface area contributed by atoms with E-state index in [1.54, 1.807) is 13.8 Å². The number of rotatable bonds is 4. The van der Waals surface area contributed by atoms with Gasteiger partial charge in [0.2, 0.25) is 0 Å². The van der Waals surface area contributed by atoms with E-state index < -0.39 is 17.1 Å². The van der Waals surface area contributed by atoms with Crippen molar-refractivity contribution in [3.63, 3.8) is 0 Å². The first-order valence-electron chi connectivity index (χ1n) is 5.22. The molecule has 5 nitrogen and oxygen atoms in total. The van der Waals surface area contributed by atoms with Crippen LogP contribution in [0.25, 0.3) is 0 Å². The van der Waals surface area contributed by atoms with E-state index in [9.17, 15) is 15.2 Å². The summed E-state index contributed by atoms with van der Waals surface area (Å²) < 4.78 is 0. The summed E-state index contributed by atoms with van der Waals surface area (Å²) in [6.45, 7) is 3.59. The molecule has 102 valence electrons. The molecule has 0 aliphatic carbocycles. The Kier molecular flexibility index (Phi) is 6.56. The maximum atomic E-state index is 10.9. The molecule has 0 radical (unpaired) electrons. The van der Waals surface area contributed by atoms with Crippen molar-refractivity contribution in [3.05, 3.63) is 38.9 Å². The quantitative estimate of drug-likeness (QED) is 0.660. The average Bonchev–Trinajstić information content (AvgIpc) is 2.26. The topological polar surface area (TPSA) is 89.4 Å². The van der Waals surface area contributed by atoms with Crippen LogP contribution in [-0.4, -0.2) is 16.1 Å². The second kappa shape index (κ2) is 6.89. The van der Waals surface area contributed by atoms with Gasteiger partial charge in [-0.1, -0.05) is 25.4 Å². The molecule has 1 aromatic carbocycles. The molecule has 0 aliphatic heterocycles. The van der Waals surface area contributed by atoms with Crippen LogP contribution in [0.15, 0.2) is 18.2 Å². The zero-order valence-corrected chi connectivity index (χ0v) is 11.6. The summed E-state index contributed by atoms with van der Waals surface area (Å²) in [6, 6.07) is 3.33. The third-order valence-electron chi connectivity index (χ3n) is 2.60. The van der Waals surface area contributed by atoms with E-state index in [0.29, 0.717) is 5.02 Å². The van der Waals surface area contributed by atoms with Crippen LogP contribution < -0.4 is 5.73 Å². The Morgan fingerprint density at radius 3 is 2.44 bits per heavy atom. The third-order valence-corrected chi connectivity index (χ3v) is 2.83. The first-order valence-corrected chi connectivity index (χ1v) is 5.60. The van der Waals surface area contributed by atoms with Gasteiger partial charge in [-0.05, 0) is 18.1 Å². The summed E-state index contributed by atoms with van der Waals surface area (Å²) in [7, 11) is 0. The highest BCUT2D eigenvalue weighted by atomic mass is 35.5. The predicted octanol–water partition coefficient (Wildman–Crippen LogP) is 2.69.